The van der Waals surface area contributed by atoms with Crippen LogP contribution in [0, 0.1) is 0 Å². The molecule has 0 N–H and O–H groups in total. The largest absolute Gasteiger partial charge is 0.103 e. The van der Waals surface area contributed by atoms with E-state index in [9.17, 15) is 0 Å². The summed E-state index contributed by atoms with van der Waals surface area (Å²) in [5, 5.41) is 0. The maximum Gasteiger partial charge on any atom is -0.0313 e. The van der Waals surface area contributed by atoms with Crippen molar-refractivity contribution in [1.29, 1.82) is 0 Å². The minimum absolute atomic E-state index is 1.07. The molecule has 16 heavy (non-hydrogen) atoms. The normalized spacial score (nSPS) is 12.1. The van der Waals surface area contributed by atoms with Crippen molar-refractivity contribution in [2.45, 2.75) is 51.9 Å². The van der Waals surface area contributed by atoms with Crippen molar-refractivity contribution in [3.8, 4) is 0 Å². The van der Waals surface area contributed by atoms with Crippen molar-refractivity contribution in [3.05, 3.63) is 49.1 Å². The molecule has 0 atom stereocenters. The minimum Gasteiger partial charge on any atom is -0.103 e. The smallest absolute Gasteiger partial charge is 0.0313 e. The van der Waals surface area contributed by atoms with Gasteiger partial charge in [0.25, 0.3) is 0 Å². The van der Waals surface area contributed by atoms with Crippen LogP contribution in [0.3, 0.4) is 0 Å². The SMILES string of the molecule is C=CCCC=CC=CC=CCCCCCC. The summed E-state index contributed by atoms with van der Waals surface area (Å²) in [6.45, 7) is 5.93. The summed E-state index contributed by atoms with van der Waals surface area (Å²) < 4.78 is 0. The lowest BCUT2D eigenvalue weighted by molar-refractivity contribution is 0.674. The van der Waals surface area contributed by atoms with Crippen LogP contribution >= 0.6 is 0 Å². The summed E-state index contributed by atoms with van der Waals surface area (Å²) in [6.07, 6.45) is 23.6. The molecule has 0 amide bonds. The van der Waals surface area contributed by atoms with Crippen LogP contribution in [0.1, 0.15) is 51.9 Å². The molecule has 0 heterocycles. The fourth-order valence-corrected chi connectivity index (χ4v) is 1.38. The van der Waals surface area contributed by atoms with Crippen LogP contribution in [0.25, 0.3) is 0 Å². The van der Waals surface area contributed by atoms with Gasteiger partial charge in [0.05, 0.1) is 0 Å². The first-order valence-corrected chi connectivity index (χ1v) is 6.51. The van der Waals surface area contributed by atoms with E-state index in [2.05, 4.69) is 50.0 Å². The van der Waals surface area contributed by atoms with Gasteiger partial charge in [0.1, 0.15) is 0 Å². The van der Waals surface area contributed by atoms with Crippen LogP contribution in [0.2, 0.25) is 0 Å². The molecular formula is C16H26. The van der Waals surface area contributed by atoms with Gasteiger partial charge in [-0.05, 0) is 25.7 Å². The predicted octanol–water partition coefficient (Wildman–Crippen LogP) is 5.59. The van der Waals surface area contributed by atoms with Crippen molar-refractivity contribution < 1.29 is 0 Å². The molecule has 0 saturated carbocycles. The topological polar surface area (TPSA) is 0 Å². The van der Waals surface area contributed by atoms with Gasteiger partial charge < -0.3 is 0 Å². The zero-order valence-corrected chi connectivity index (χ0v) is 10.7. The van der Waals surface area contributed by atoms with E-state index in [1.165, 1.54) is 32.1 Å². The fraction of sp³-hybridized carbons (Fsp3) is 0.500. The molecule has 0 aromatic rings. The molecular weight excluding hydrogens is 192 g/mol. The highest BCUT2D eigenvalue weighted by Gasteiger charge is 1.82. The predicted molar refractivity (Wildman–Crippen MR) is 75.6 cm³/mol. The zero-order valence-electron chi connectivity index (χ0n) is 10.7. The highest BCUT2D eigenvalue weighted by Crippen LogP contribution is 2.02. The lowest BCUT2D eigenvalue weighted by Crippen LogP contribution is -1.72. The molecule has 0 saturated heterocycles. The summed E-state index contributed by atoms with van der Waals surface area (Å²) in [5.74, 6) is 0. The van der Waals surface area contributed by atoms with E-state index in [1.807, 2.05) is 6.08 Å². The average molecular weight is 218 g/mol. The van der Waals surface area contributed by atoms with Gasteiger partial charge in [0, 0.05) is 0 Å². The Kier molecular flexibility index (Phi) is 13.1. The molecule has 0 fully saturated rings. The molecule has 0 unspecified atom stereocenters. The second-order valence-electron chi connectivity index (χ2n) is 3.96. The van der Waals surface area contributed by atoms with Crippen molar-refractivity contribution in [1.82, 2.24) is 0 Å². The van der Waals surface area contributed by atoms with Gasteiger partial charge >= 0.3 is 0 Å². The van der Waals surface area contributed by atoms with Crippen LogP contribution in [0.5, 0.6) is 0 Å². The zero-order chi connectivity index (χ0) is 11.9. The second-order valence-corrected chi connectivity index (χ2v) is 3.96. The first kappa shape index (κ1) is 15.0. The van der Waals surface area contributed by atoms with Gasteiger partial charge in [-0.2, -0.15) is 0 Å². The molecule has 0 radical (unpaired) electrons. The number of hydrogen-bond donors (Lipinski definition) is 0. The van der Waals surface area contributed by atoms with E-state index in [1.54, 1.807) is 0 Å². The third kappa shape index (κ3) is 13.0. The summed E-state index contributed by atoms with van der Waals surface area (Å²) in [6, 6.07) is 0. The van der Waals surface area contributed by atoms with Gasteiger partial charge in [0.2, 0.25) is 0 Å². The fourth-order valence-electron chi connectivity index (χ4n) is 1.38. The number of hydrogen-bond acceptors (Lipinski definition) is 0. The van der Waals surface area contributed by atoms with E-state index in [0.29, 0.717) is 0 Å². The molecule has 0 aromatic carbocycles. The van der Waals surface area contributed by atoms with Gasteiger partial charge in [0.15, 0.2) is 0 Å². The Hall–Kier alpha value is -1.04. The van der Waals surface area contributed by atoms with Crippen LogP contribution in [-0.4, -0.2) is 0 Å². The first-order chi connectivity index (χ1) is 7.91. The molecule has 0 spiro atoms. The standard InChI is InChI=1S/C16H26/c1-3-5-7-9-11-13-15-16-14-12-10-8-6-4-2/h3,9,11,13-16H,1,4-8,10,12H2,2H3. The Morgan fingerprint density at radius 2 is 1.44 bits per heavy atom. The van der Waals surface area contributed by atoms with Crippen molar-refractivity contribution in [2.75, 3.05) is 0 Å². The van der Waals surface area contributed by atoms with Gasteiger partial charge in [-0.3, -0.25) is 0 Å². The minimum atomic E-state index is 1.07. The highest BCUT2D eigenvalue weighted by atomic mass is 13.9. The molecule has 90 valence electrons. The van der Waals surface area contributed by atoms with Crippen LogP contribution in [0.15, 0.2) is 49.1 Å². The van der Waals surface area contributed by atoms with Crippen LogP contribution in [0.4, 0.5) is 0 Å². The van der Waals surface area contributed by atoms with E-state index >= 15 is 0 Å². The molecule has 0 aromatic heterocycles. The molecule has 0 heteroatoms. The molecule has 0 nitrogen and oxygen atoms in total. The Balaban J connectivity index is 3.33. The Morgan fingerprint density at radius 3 is 2.06 bits per heavy atom. The van der Waals surface area contributed by atoms with Crippen molar-refractivity contribution >= 4 is 0 Å². The Morgan fingerprint density at radius 1 is 0.750 bits per heavy atom. The third-order valence-electron chi connectivity index (χ3n) is 2.37. The highest BCUT2D eigenvalue weighted by molar-refractivity contribution is 5.11. The maximum atomic E-state index is 3.69. The number of rotatable bonds is 10. The molecule has 0 aliphatic rings. The summed E-state index contributed by atoms with van der Waals surface area (Å²) >= 11 is 0. The first-order valence-electron chi connectivity index (χ1n) is 6.51. The Bertz CT molecular complexity index is 218. The molecule has 0 bridgehead atoms. The number of unbranched alkanes of at least 4 members (excludes halogenated alkanes) is 5. The third-order valence-corrected chi connectivity index (χ3v) is 2.37. The van der Waals surface area contributed by atoms with Crippen LogP contribution in [-0.2, 0) is 0 Å². The molecule has 0 rings (SSSR count). The van der Waals surface area contributed by atoms with E-state index in [4.69, 9.17) is 0 Å². The van der Waals surface area contributed by atoms with Crippen molar-refractivity contribution in [3.63, 3.8) is 0 Å². The molecule has 0 aliphatic heterocycles. The van der Waals surface area contributed by atoms with Crippen LogP contribution < -0.4 is 0 Å². The number of allylic oxidation sites excluding steroid dienone is 7. The molecule has 0 aliphatic carbocycles. The van der Waals surface area contributed by atoms with E-state index in [0.717, 1.165) is 12.8 Å². The van der Waals surface area contributed by atoms with Gasteiger partial charge in [-0.25, -0.2) is 0 Å². The van der Waals surface area contributed by atoms with Crippen molar-refractivity contribution in [2.24, 2.45) is 0 Å². The quantitative estimate of drug-likeness (QED) is 0.255. The summed E-state index contributed by atoms with van der Waals surface area (Å²) in [7, 11) is 0. The van der Waals surface area contributed by atoms with E-state index < -0.39 is 0 Å². The monoisotopic (exact) mass is 218 g/mol. The maximum absolute atomic E-state index is 3.69. The lowest BCUT2D eigenvalue weighted by atomic mass is 10.1. The second kappa shape index (κ2) is 14.0. The summed E-state index contributed by atoms with van der Waals surface area (Å²) in [5.41, 5.74) is 0. The Labute approximate surface area is 101 Å². The van der Waals surface area contributed by atoms with Gasteiger partial charge in [-0.1, -0.05) is 68.7 Å². The summed E-state index contributed by atoms with van der Waals surface area (Å²) in [4.78, 5) is 0. The lowest BCUT2D eigenvalue weighted by Gasteiger charge is -1.92. The average Bonchev–Trinajstić information content (AvgIpc) is 2.31. The van der Waals surface area contributed by atoms with Gasteiger partial charge in [-0.15, -0.1) is 6.58 Å². The van der Waals surface area contributed by atoms with E-state index in [-0.39, 0.29) is 0 Å².